The summed E-state index contributed by atoms with van der Waals surface area (Å²) in [6.45, 7) is 2.14. The lowest BCUT2D eigenvalue weighted by atomic mass is 10.2. The van der Waals surface area contributed by atoms with Gasteiger partial charge in [0, 0.05) is 18.4 Å². The summed E-state index contributed by atoms with van der Waals surface area (Å²) in [5, 5.41) is 12.1. The van der Waals surface area contributed by atoms with E-state index in [9.17, 15) is 4.79 Å². The number of hydrogen-bond donors (Lipinski definition) is 2. The van der Waals surface area contributed by atoms with Crippen molar-refractivity contribution in [2.45, 2.75) is 19.4 Å². The second-order valence-corrected chi connectivity index (χ2v) is 3.69. The summed E-state index contributed by atoms with van der Waals surface area (Å²) in [6, 6.07) is 2.13. The first-order chi connectivity index (χ1) is 6.68. The molecule has 0 aliphatic heterocycles. The molecule has 0 amide bonds. The van der Waals surface area contributed by atoms with Crippen molar-refractivity contribution in [2.75, 3.05) is 5.32 Å². The molecule has 2 unspecified atom stereocenters. The molecular formula is C10H12N2O2. The van der Waals surface area contributed by atoms with Gasteiger partial charge in [-0.25, -0.2) is 4.79 Å². The Kier molecular flexibility index (Phi) is 2.11. The second-order valence-electron chi connectivity index (χ2n) is 3.69. The van der Waals surface area contributed by atoms with E-state index in [1.807, 2.05) is 0 Å². The van der Waals surface area contributed by atoms with Crippen molar-refractivity contribution >= 4 is 11.7 Å². The van der Waals surface area contributed by atoms with Crippen molar-refractivity contribution in [1.29, 1.82) is 0 Å². The molecule has 1 aromatic heterocycles. The molecule has 1 heterocycles. The Hall–Kier alpha value is -1.58. The highest BCUT2D eigenvalue weighted by Crippen LogP contribution is 2.33. The fourth-order valence-corrected chi connectivity index (χ4v) is 1.41. The van der Waals surface area contributed by atoms with Gasteiger partial charge in [0.25, 0.3) is 0 Å². The van der Waals surface area contributed by atoms with Crippen molar-refractivity contribution in [3.63, 3.8) is 0 Å². The fraction of sp³-hybridized carbons (Fsp3) is 0.400. The molecular weight excluding hydrogens is 180 g/mol. The summed E-state index contributed by atoms with van der Waals surface area (Å²) >= 11 is 0. The third kappa shape index (κ3) is 1.69. The number of carbonyl (C=O) groups is 1. The minimum Gasteiger partial charge on any atom is -0.478 e. The normalized spacial score (nSPS) is 24.4. The van der Waals surface area contributed by atoms with E-state index < -0.39 is 5.97 Å². The topological polar surface area (TPSA) is 62.2 Å². The van der Waals surface area contributed by atoms with Crippen molar-refractivity contribution < 1.29 is 9.90 Å². The van der Waals surface area contributed by atoms with Crippen LogP contribution >= 0.6 is 0 Å². The van der Waals surface area contributed by atoms with Crippen LogP contribution in [-0.4, -0.2) is 22.1 Å². The molecule has 1 aliphatic carbocycles. The third-order valence-corrected chi connectivity index (χ3v) is 2.50. The largest absolute Gasteiger partial charge is 0.478 e. The zero-order valence-electron chi connectivity index (χ0n) is 7.90. The minimum absolute atomic E-state index is 0.242. The van der Waals surface area contributed by atoms with Gasteiger partial charge in [-0.2, -0.15) is 0 Å². The number of nitrogens with zero attached hydrogens (tertiary/aromatic N) is 1. The summed E-state index contributed by atoms with van der Waals surface area (Å²) in [5.74, 6) is -0.293. The zero-order valence-corrected chi connectivity index (χ0v) is 7.90. The van der Waals surface area contributed by atoms with Gasteiger partial charge in [-0.15, -0.1) is 0 Å². The van der Waals surface area contributed by atoms with Crippen molar-refractivity contribution in [3.05, 3.63) is 24.0 Å². The van der Waals surface area contributed by atoms with E-state index in [2.05, 4.69) is 17.2 Å². The van der Waals surface area contributed by atoms with Gasteiger partial charge in [-0.3, -0.25) is 4.98 Å². The van der Waals surface area contributed by atoms with Crippen molar-refractivity contribution in [3.8, 4) is 0 Å². The van der Waals surface area contributed by atoms with E-state index in [1.54, 1.807) is 12.3 Å². The number of rotatable bonds is 3. The first kappa shape index (κ1) is 8.99. The summed E-state index contributed by atoms with van der Waals surface area (Å²) in [4.78, 5) is 14.6. The predicted octanol–water partition coefficient (Wildman–Crippen LogP) is 1.60. The van der Waals surface area contributed by atoms with Gasteiger partial charge in [-0.05, 0) is 18.4 Å². The number of carboxylic acids is 1. The molecule has 0 spiro atoms. The second kappa shape index (κ2) is 3.29. The molecule has 4 nitrogen and oxygen atoms in total. The van der Waals surface area contributed by atoms with Crippen LogP contribution in [0.2, 0.25) is 0 Å². The summed E-state index contributed by atoms with van der Waals surface area (Å²) in [7, 11) is 0. The Bertz CT molecular complexity index is 365. The average Bonchev–Trinajstić information content (AvgIpc) is 2.82. The highest BCUT2D eigenvalue weighted by atomic mass is 16.4. The smallest absolute Gasteiger partial charge is 0.339 e. The highest BCUT2D eigenvalue weighted by Gasteiger charge is 2.33. The van der Waals surface area contributed by atoms with Crippen molar-refractivity contribution in [2.24, 2.45) is 5.92 Å². The molecule has 0 radical (unpaired) electrons. The van der Waals surface area contributed by atoms with E-state index >= 15 is 0 Å². The van der Waals surface area contributed by atoms with Crippen molar-refractivity contribution in [1.82, 2.24) is 4.98 Å². The van der Waals surface area contributed by atoms with Crippen LogP contribution < -0.4 is 5.32 Å². The van der Waals surface area contributed by atoms with Gasteiger partial charge in [0.05, 0.1) is 5.69 Å². The molecule has 2 rings (SSSR count). The number of aromatic nitrogens is 1. The quantitative estimate of drug-likeness (QED) is 0.763. The van der Waals surface area contributed by atoms with Gasteiger partial charge < -0.3 is 10.4 Å². The fourth-order valence-electron chi connectivity index (χ4n) is 1.41. The lowest BCUT2D eigenvalue weighted by molar-refractivity contribution is 0.0697. The third-order valence-electron chi connectivity index (χ3n) is 2.50. The maximum Gasteiger partial charge on any atom is 0.339 e. The molecule has 2 N–H and O–H groups in total. The molecule has 1 saturated carbocycles. The Morgan fingerprint density at radius 2 is 2.43 bits per heavy atom. The van der Waals surface area contributed by atoms with E-state index in [4.69, 9.17) is 5.11 Å². The van der Waals surface area contributed by atoms with Gasteiger partial charge in [-0.1, -0.05) is 6.92 Å². The number of carboxylic acid groups (broad SMARTS) is 1. The van der Waals surface area contributed by atoms with Crippen LogP contribution in [0.25, 0.3) is 0 Å². The number of aromatic carboxylic acids is 1. The van der Waals surface area contributed by atoms with E-state index in [1.165, 1.54) is 6.20 Å². The number of hydrogen-bond acceptors (Lipinski definition) is 3. The van der Waals surface area contributed by atoms with Crippen LogP contribution in [0.4, 0.5) is 5.69 Å². The molecule has 0 saturated heterocycles. The maximum absolute atomic E-state index is 10.8. The van der Waals surface area contributed by atoms with Crippen LogP contribution in [0, 0.1) is 5.92 Å². The molecule has 2 atom stereocenters. The molecule has 74 valence electrons. The van der Waals surface area contributed by atoms with Crippen LogP contribution in [-0.2, 0) is 0 Å². The molecule has 1 fully saturated rings. The van der Waals surface area contributed by atoms with Crippen LogP contribution in [0.1, 0.15) is 23.7 Å². The monoisotopic (exact) mass is 192 g/mol. The van der Waals surface area contributed by atoms with Crippen LogP contribution in [0.3, 0.4) is 0 Å². The molecule has 1 aliphatic rings. The standard InChI is InChI=1S/C10H12N2O2/c1-6-4-9(6)12-8-2-3-11-5-7(8)10(13)14/h2-3,5-6,9H,4H2,1H3,(H,11,12)(H,13,14). The van der Waals surface area contributed by atoms with E-state index in [0.717, 1.165) is 6.42 Å². The molecule has 1 aromatic rings. The van der Waals surface area contributed by atoms with E-state index in [-0.39, 0.29) is 5.56 Å². The van der Waals surface area contributed by atoms with Gasteiger partial charge in [0.2, 0.25) is 0 Å². The predicted molar refractivity (Wildman–Crippen MR) is 52.4 cm³/mol. The molecule has 4 heteroatoms. The number of anilines is 1. The Morgan fingerprint density at radius 3 is 3.00 bits per heavy atom. The lowest BCUT2D eigenvalue weighted by Crippen LogP contribution is -2.09. The Morgan fingerprint density at radius 1 is 1.71 bits per heavy atom. The SMILES string of the molecule is CC1CC1Nc1ccncc1C(=O)O. The molecule has 0 bridgehead atoms. The first-order valence-electron chi connectivity index (χ1n) is 4.62. The lowest BCUT2D eigenvalue weighted by Gasteiger charge is -2.07. The maximum atomic E-state index is 10.8. The number of pyridine rings is 1. The Labute approximate surface area is 82.0 Å². The van der Waals surface area contributed by atoms with Gasteiger partial charge in [0.15, 0.2) is 0 Å². The summed E-state index contributed by atoms with van der Waals surface area (Å²) < 4.78 is 0. The first-order valence-corrected chi connectivity index (χ1v) is 4.62. The van der Waals surface area contributed by atoms with Gasteiger partial charge >= 0.3 is 5.97 Å². The summed E-state index contributed by atoms with van der Waals surface area (Å²) in [6.07, 6.45) is 4.08. The average molecular weight is 192 g/mol. The number of nitrogens with one attached hydrogen (secondary N) is 1. The summed E-state index contributed by atoms with van der Waals surface area (Å²) in [5.41, 5.74) is 0.911. The van der Waals surface area contributed by atoms with E-state index in [0.29, 0.717) is 17.6 Å². The zero-order chi connectivity index (χ0) is 10.1. The molecule has 14 heavy (non-hydrogen) atoms. The Balaban J connectivity index is 2.19. The van der Waals surface area contributed by atoms with Crippen LogP contribution in [0.15, 0.2) is 18.5 Å². The molecule has 0 aromatic carbocycles. The minimum atomic E-state index is -0.936. The van der Waals surface area contributed by atoms with Crippen LogP contribution in [0.5, 0.6) is 0 Å². The van der Waals surface area contributed by atoms with Gasteiger partial charge in [0.1, 0.15) is 5.56 Å². The highest BCUT2D eigenvalue weighted by molar-refractivity contribution is 5.93.